The Kier molecular flexibility index (Phi) is 13.1. The number of Topliss-reactive ketones (excluding diaryl/α,β-unsaturated/α-hetero) is 2. The number of nitrogens with two attached hydrogens (primary N) is 1. The Hall–Kier alpha value is -4.19. The fraction of sp³-hybridized carbons (Fsp3) is 0.344. The lowest BCUT2D eigenvalue weighted by atomic mass is 10.0. The van der Waals surface area contributed by atoms with Gasteiger partial charge in [0, 0.05) is 25.5 Å². The van der Waals surface area contributed by atoms with Crippen LogP contribution >= 0.6 is 23.2 Å². The fourth-order valence-corrected chi connectivity index (χ4v) is 4.61. The lowest BCUT2D eigenvalue weighted by Crippen LogP contribution is -2.18. The molecule has 0 amide bonds. The summed E-state index contributed by atoms with van der Waals surface area (Å²) in [4.78, 5) is 46.9. The van der Waals surface area contributed by atoms with Crippen LogP contribution in [0.4, 0.5) is 5.82 Å². The Labute approximate surface area is 271 Å². The van der Waals surface area contributed by atoms with E-state index in [4.69, 9.17) is 43.1 Å². The van der Waals surface area contributed by atoms with Gasteiger partial charge >= 0.3 is 11.7 Å². The first kappa shape index (κ1) is 35.3. The van der Waals surface area contributed by atoms with E-state index in [1.807, 2.05) is 38.1 Å². The summed E-state index contributed by atoms with van der Waals surface area (Å²) in [5.41, 5.74) is 9.26. The third-order valence-corrected chi connectivity index (χ3v) is 7.72. The number of methoxy groups -OCH3 is 2. The van der Waals surface area contributed by atoms with Crippen LogP contribution in [0.3, 0.4) is 0 Å². The number of ketones is 2. The molecule has 0 bridgehead atoms. The van der Waals surface area contributed by atoms with E-state index >= 15 is 0 Å². The highest BCUT2D eigenvalue weighted by molar-refractivity contribution is 6.45. The topological polar surface area (TPSA) is 151 Å². The highest BCUT2D eigenvalue weighted by atomic mass is 35.5. The number of hydrogen-bond acceptors (Lipinski definition) is 9. The predicted octanol–water partition coefficient (Wildman–Crippen LogP) is 5.84. The normalized spacial score (nSPS) is 10.7. The maximum absolute atomic E-state index is 12.4. The van der Waals surface area contributed by atoms with Crippen molar-refractivity contribution in [2.24, 2.45) is 0 Å². The molecule has 0 unspecified atom stereocenters. The first-order chi connectivity index (χ1) is 21.5. The number of allylic oxidation sites excluding steroid dienone is 1. The molecule has 0 saturated carbocycles. The Morgan fingerprint density at radius 2 is 1.67 bits per heavy atom. The Morgan fingerprint density at radius 1 is 0.978 bits per heavy atom. The van der Waals surface area contributed by atoms with E-state index in [0.717, 1.165) is 11.1 Å². The summed E-state index contributed by atoms with van der Waals surface area (Å²) in [5.74, 6) is 0.664. The first-order valence-electron chi connectivity index (χ1n) is 14.3. The Balaban J connectivity index is 0.000000292. The number of H-pyrrole nitrogens is 1. The summed E-state index contributed by atoms with van der Waals surface area (Å²) in [5, 5.41) is 0.458. The molecule has 0 radical (unpaired) electrons. The number of nitrogen functional groups attached to an aromatic ring is 1. The Morgan fingerprint density at radius 3 is 2.29 bits per heavy atom. The van der Waals surface area contributed by atoms with E-state index in [2.05, 4.69) is 21.5 Å². The molecule has 0 atom stereocenters. The van der Waals surface area contributed by atoms with Crippen LogP contribution in [0.15, 0.2) is 53.3 Å². The third-order valence-electron chi connectivity index (χ3n) is 6.86. The van der Waals surface area contributed by atoms with Gasteiger partial charge < -0.3 is 24.9 Å². The van der Waals surface area contributed by atoms with Crippen LogP contribution in [0.1, 0.15) is 54.6 Å². The third kappa shape index (κ3) is 9.16. The molecule has 4 aromatic rings. The zero-order valence-corrected chi connectivity index (χ0v) is 27.3. The van der Waals surface area contributed by atoms with Gasteiger partial charge in [0.1, 0.15) is 28.7 Å². The van der Waals surface area contributed by atoms with Gasteiger partial charge in [0.15, 0.2) is 17.2 Å². The molecule has 0 aliphatic heterocycles. The number of ether oxygens (including phenoxy) is 3. The number of benzene rings is 2. The van der Waals surface area contributed by atoms with Crippen LogP contribution < -0.4 is 20.9 Å². The number of halogens is 2. The molecular weight excluding hydrogens is 621 g/mol. The van der Waals surface area contributed by atoms with Crippen molar-refractivity contribution in [2.75, 3.05) is 33.2 Å². The van der Waals surface area contributed by atoms with Crippen LogP contribution in [0, 0.1) is 0 Å². The van der Waals surface area contributed by atoms with E-state index in [0.29, 0.717) is 66.9 Å². The van der Waals surface area contributed by atoms with Crippen LogP contribution in [-0.2, 0) is 22.5 Å². The quantitative estimate of drug-likeness (QED) is 0.0968. The van der Waals surface area contributed by atoms with Gasteiger partial charge in [-0.05, 0) is 41.7 Å². The zero-order valence-electron chi connectivity index (χ0n) is 25.7. The number of hydrogen-bond donors (Lipinski definition) is 2. The van der Waals surface area contributed by atoms with Crippen molar-refractivity contribution < 1.29 is 23.8 Å². The van der Waals surface area contributed by atoms with Crippen molar-refractivity contribution in [2.45, 2.75) is 46.1 Å². The highest BCUT2D eigenvalue weighted by Crippen LogP contribution is 2.35. The summed E-state index contributed by atoms with van der Waals surface area (Å²) in [6.07, 6.45) is 2.40. The molecule has 240 valence electrons. The van der Waals surface area contributed by atoms with Crippen LogP contribution in [-0.4, -0.2) is 58.5 Å². The van der Waals surface area contributed by atoms with Crippen molar-refractivity contribution in [1.82, 2.24) is 19.5 Å². The summed E-state index contributed by atoms with van der Waals surface area (Å²) in [6.45, 7) is 8.39. The number of imidazole rings is 1. The van der Waals surface area contributed by atoms with Gasteiger partial charge in [0.05, 0.1) is 25.3 Å². The molecule has 2 aromatic carbocycles. The number of aromatic nitrogens is 4. The second kappa shape index (κ2) is 16.8. The average Bonchev–Trinajstić information content (AvgIpc) is 3.36. The number of carbonyl (C=O) groups is 2. The highest BCUT2D eigenvalue weighted by Gasteiger charge is 2.18. The predicted molar refractivity (Wildman–Crippen MR) is 176 cm³/mol. The van der Waals surface area contributed by atoms with E-state index in [1.54, 1.807) is 19.2 Å². The second-order valence-electron chi connectivity index (χ2n) is 9.89. The summed E-state index contributed by atoms with van der Waals surface area (Å²) >= 11 is 12.0. The molecule has 3 N–H and O–H groups in total. The number of rotatable bonds is 14. The van der Waals surface area contributed by atoms with Crippen LogP contribution in [0.5, 0.6) is 11.8 Å². The van der Waals surface area contributed by atoms with Gasteiger partial charge in [0.2, 0.25) is 0 Å². The van der Waals surface area contributed by atoms with Gasteiger partial charge in [0.25, 0.3) is 0 Å². The van der Waals surface area contributed by atoms with Crippen LogP contribution in [0.2, 0.25) is 10.0 Å². The number of fused-ring (bicyclic) bond motifs is 1. The van der Waals surface area contributed by atoms with E-state index in [1.165, 1.54) is 11.7 Å². The molecule has 0 aliphatic rings. The molecule has 11 nitrogen and oxygen atoms in total. The summed E-state index contributed by atoms with van der Waals surface area (Å²) in [6, 6.07) is 11.1. The molecule has 0 fully saturated rings. The van der Waals surface area contributed by atoms with Crippen molar-refractivity contribution in [3.8, 4) is 11.8 Å². The van der Waals surface area contributed by atoms with Gasteiger partial charge in [-0.15, -0.1) is 0 Å². The summed E-state index contributed by atoms with van der Waals surface area (Å²) in [7, 11) is 3.06. The zero-order chi connectivity index (χ0) is 33.1. The maximum atomic E-state index is 12.4. The maximum Gasteiger partial charge on any atom is 0.328 e. The van der Waals surface area contributed by atoms with Crippen molar-refractivity contribution >= 4 is 51.8 Å². The van der Waals surface area contributed by atoms with Gasteiger partial charge in [-0.25, -0.2) is 4.79 Å². The lowest BCUT2D eigenvalue weighted by Gasteiger charge is -2.09. The van der Waals surface area contributed by atoms with Crippen molar-refractivity contribution in [3.05, 3.63) is 85.8 Å². The number of aryl methyl sites for hydroxylation is 1. The standard InChI is InChI=1S/C20H25N5O4.C12H12Cl2O2/c1-3-15(26)9-8-13-4-6-14(7-5-13)12-25-18-16(22-20(25)27)17(21)23-19(24-18)29-11-10-28-2;1-4-7(2)12(15)8-5-6-9(16-3)11(14)10(8)13/h4-7H,3,8-12H2,1-2H3,(H,22,27)(H2,21,23,24);5-6H,2,4H2,1,3H3. The molecule has 45 heavy (non-hydrogen) atoms. The SMILES string of the molecule is C=C(CC)C(=O)c1ccc(OC)c(Cl)c1Cl.CCC(=O)CCc1ccc(Cn2c(=O)[nH]c3c(N)nc(OCCOC)nc32)cc1. The van der Waals surface area contributed by atoms with Crippen molar-refractivity contribution in [1.29, 1.82) is 0 Å². The van der Waals surface area contributed by atoms with E-state index < -0.39 is 0 Å². The minimum atomic E-state index is -0.326. The van der Waals surface area contributed by atoms with Crippen LogP contribution in [0.25, 0.3) is 11.2 Å². The lowest BCUT2D eigenvalue weighted by molar-refractivity contribution is -0.118. The molecule has 13 heteroatoms. The van der Waals surface area contributed by atoms with Crippen molar-refractivity contribution in [3.63, 3.8) is 0 Å². The average molecular weight is 659 g/mol. The van der Waals surface area contributed by atoms with Gasteiger partial charge in [-0.1, -0.05) is 67.9 Å². The number of carbonyl (C=O) groups excluding carboxylic acids is 2. The minimum Gasteiger partial charge on any atom is -0.495 e. The number of anilines is 1. The number of nitrogens with one attached hydrogen (secondary N) is 1. The minimum absolute atomic E-state index is 0.0933. The smallest absolute Gasteiger partial charge is 0.328 e. The van der Waals surface area contributed by atoms with E-state index in [9.17, 15) is 14.4 Å². The fourth-order valence-electron chi connectivity index (χ4n) is 4.13. The van der Waals surface area contributed by atoms with Gasteiger partial charge in [-0.2, -0.15) is 9.97 Å². The summed E-state index contributed by atoms with van der Waals surface area (Å²) < 4.78 is 16.9. The molecule has 2 heterocycles. The Bertz CT molecular complexity index is 1720. The molecule has 0 aliphatic carbocycles. The number of nitrogens with zero attached hydrogens (tertiary/aromatic N) is 3. The molecule has 0 spiro atoms. The monoisotopic (exact) mass is 657 g/mol. The molecule has 4 rings (SSSR count). The molecular formula is C32H37Cl2N5O6. The second-order valence-corrected chi connectivity index (χ2v) is 10.6. The van der Waals surface area contributed by atoms with E-state index in [-0.39, 0.29) is 45.7 Å². The number of aromatic amines is 1. The first-order valence-corrected chi connectivity index (χ1v) is 15.0. The molecule has 0 saturated heterocycles. The largest absolute Gasteiger partial charge is 0.495 e. The molecule has 2 aromatic heterocycles. The van der Waals surface area contributed by atoms with Gasteiger partial charge in [-0.3, -0.25) is 14.2 Å².